The van der Waals surface area contributed by atoms with Crippen LogP contribution in [0.3, 0.4) is 0 Å². The third-order valence-electron chi connectivity index (χ3n) is 4.73. The van der Waals surface area contributed by atoms with Gasteiger partial charge in [0.05, 0.1) is 5.69 Å². The third-order valence-corrected chi connectivity index (χ3v) is 5.97. The number of piperazine rings is 1. The highest BCUT2D eigenvalue weighted by Gasteiger charge is 2.18. The molecule has 1 fully saturated rings. The molecule has 3 heteroatoms. The molecular weight excluding hydrogens is 324 g/mol. The first-order chi connectivity index (χ1) is 12.2. The Morgan fingerprint density at radius 2 is 1.72 bits per heavy atom. The van der Waals surface area contributed by atoms with Crippen LogP contribution in [0, 0.1) is 13.8 Å². The Bertz CT molecular complexity index is 731. The number of hydrogen-bond acceptors (Lipinski definition) is 3. The average Bonchev–Trinajstić information content (AvgIpc) is 2.63. The second-order valence-electron chi connectivity index (χ2n) is 6.70. The molecule has 2 nitrogen and oxygen atoms in total. The number of nitrogens with zero attached hydrogens (tertiary/aromatic N) is 2. The van der Waals surface area contributed by atoms with Crippen LogP contribution in [-0.4, -0.2) is 37.6 Å². The summed E-state index contributed by atoms with van der Waals surface area (Å²) >= 11 is 1.89. The Labute approximate surface area is 156 Å². The van der Waals surface area contributed by atoms with Crippen molar-refractivity contribution in [2.24, 2.45) is 0 Å². The first-order valence-corrected chi connectivity index (χ1v) is 9.91. The van der Waals surface area contributed by atoms with E-state index in [0.29, 0.717) is 0 Å². The first kappa shape index (κ1) is 18.1. The molecule has 2 aromatic rings. The highest BCUT2D eigenvalue weighted by Crippen LogP contribution is 2.37. The largest absolute Gasteiger partial charge is 0.368 e. The van der Waals surface area contributed by atoms with E-state index in [1.807, 2.05) is 11.8 Å². The molecule has 3 rings (SSSR count). The van der Waals surface area contributed by atoms with E-state index < -0.39 is 0 Å². The minimum Gasteiger partial charge on any atom is -0.368 e. The molecule has 0 radical (unpaired) electrons. The van der Waals surface area contributed by atoms with Crippen molar-refractivity contribution in [1.82, 2.24) is 4.90 Å². The smallest absolute Gasteiger partial charge is 0.0508 e. The molecule has 0 aliphatic carbocycles. The molecule has 2 aromatic carbocycles. The molecule has 0 unspecified atom stereocenters. The molecule has 1 aliphatic rings. The highest BCUT2D eigenvalue weighted by molar-refractivity contribution is 7.99. The molecule has 0 saturated carbocycles. The van der Waals surface area contributed by atoms with Crippen LogP contribution in [0.1, 0.15) is 18.1 Å². The standard InChI is InChI=1S/C22H28N2S/c1-4-5-12-23-13-15-24(16-14-23)20-8-6-7-9-22(20)25-21-11-10-18(2)17-19(21)3/h4-11,17H,12-16H2,1-3H3. The van der Waals surface area contributed by atoms with Gasteiger partial charge in [0.25, 0.3) is 0 Å². The van der Waals surface area contributed by atoms with Gasteiger partial charge in [-0.25, -0.2) is 0 Å². The van der Waals surface area contributed by atoms with E-state index in [9.17, 15) is 0 Å². The Morgan fingerprint density at radius 3 is 2.44 bits per heavy atom. The summed E-state index contributed by atoms with van der Waals surface area (Å²) < 4.78 is 0. The molecular formula is C22H28N2S. The van der Waals surface area contributed by atoms with Gasteiger partial charge in [-0.3, -0.25) is 4.90 Å². The van der Waals surface area contributed by atoms with Crippen LogP contribution < -0.4 is 4.90 Å². The van der Waals surface area contributed by atoms with Crippen LogP contribution in [-0.2, 0) is 0 Å². The normalized spacial score (nSPS) is 15.9. The van der Waals surface area contributed by atoms with Crippen molar-refractivity contribution in [2.75, 3.05) is 37.6 Å². The van der Waals surface area contributed by atoms with Crippen molar-refractivity contribution in [3.05, 3.63) is 65.7 Å². The SMILES string of the molecule is CC=CCN1CCN(c2ccccc2Sc2ccc(C)cc2C)CC1. The number of allylic oxidation sites excluding steroid dienone is 1. The fraction of sp³-hybridized carbons (Fsp3) is 0.364. The molecule has 0 bridgehead atoms. The number of aryl methyl sites for hydroxylation is 2. The van der Waals surface area contributed by atoms with E-state index in [-0.39, 0.29) is 0 Å². The molecule has 0 N–H and O–H groups in total. The number of para-hydroxylation sites is 1. The van der Waals surface area contributed by atoms with Gasteiger partial charge < -0.3 is 4.90 Å². The lowest BCUT2D eigenvalue weighted by Gasteiger charge is -2.36. The Balaban J connectivity index is 1.73. The average molecular weight is 353 g/mol. The zero-order valence-electron chi connectivity index (χ0n) is 15.5. The van der Waals surface area contributed by atoms with Crippen LogP contribution in [0.25, 0.3) is 0 Å². The van der Waals surface area contributed by atoms with Crippen LogP contribution in [0.15, 0.2) is 64.4 Å². The minimum atomic E-state index is 1.07. The topological polar surface area (TPSA) is 6.48 Å². The molecule has 0 spiro atoms. The maximum Gasteiger partial charge on any atom is 0.0508 e. The molecule has 1 aliphatic heterocycles. The summed E-state index contributed by atoms with van der Waals surface area (Å²) in [7, 11) is 0. The van der Waals surface area contributed by atoms with Gasteiger partial charge in [0.15, 0.2) is 0 Å². The first-order valence-electron chi connectivity index (χ1n) is 9.10. The van der Waals surface area contributed by atoms with Crippen molar-refractivity contribution < 1.29 is 0 Å². The molecule has 132 valence electrons. The lowest BCUT2D eigenvalue weighted by molar-refractivity contribution is 0.283. The van der Waals surface area contributed by atoms with E-state index in [1.54, 1.807) is 0 Å². The second-order valence-corrected chi connectivity index (χ2v) is 7.78. The van der Waals surface area contributed by atoms with E-state index in [1.165, 1.54) is 26.6 Å². The molecule has 1 heterocycles. The van der Waals surface area contributed by atoms with E-state index >= 15 is 0 Å². The van der Waals surface area contributed by atoms with Gasteiger partial charge in [-0.15, -0.1) is 0 Å². The van der Waals surface area contributed by atoms with Gasteiger partial charge in [-0.1, -0.05) is 53.7 Å². The van der Waals surface area contributed by atoms with Crippen molar-refractivity contribution >= 4 is 17.4 Å². The van der Waals surface area contributed by atoms with Crippen molar-refractivity contribution in [1.29, 1.82) is 0 Å². The fourth-order valence-electron chi connectivity index (χ4n) is 3.26. The summed E-state index contributed by atoms with van der Waals surface area (Å²) in [6.07, 6.45) is 4.39. The van der Waals surface area contributed by atoms with Gasteiger partial charge in [0, 0.05) is 42.5 Å². The summed E-state index contributed by atoms with van der Waals surface area (Å²) in [5, 5.41) is 0. The number of benzene rings is 2. The predicted octanol–water partition coefficient (Wildman–Crippen LogP) is 5.15. The number of anilines is 1. The molecule has 0 amide bonds. The summed E-state index contributed by atoms with van der Waals surface area (Å²) in [6.45, 7) is 12.0. The number of rotatable bonds is 5. The Morgan fingerprint density at radius 1 is 0.960 bits per heavy atom. The van der Waals surface area contributed by atoms with E-state index in [0.717, 1.165) is 32.7 Å². The van der Waals surface area contributed by atoms with Gasteiger partial charge in [-0.05, 0) is 44.5 Å². The maximum absolute atomic E-state index is 2.54. The van der Waals surface area contributed by atoms with E-state index in [4.69, 9.17) is 0 Å². The van der Waals surface area contributed by atoms with Crippen LogP contribution in [0.2, 0.25) is 0 Å². The van der Waals surface area contributed by atoms with Crippen molar-refractivity contribution in [3.63, 3.8) is 0 Å². The molecule has 25 heavy (non-hydrogen) atoms. The van der Waals surface area contributed by atoms with Gasteiger partial charge >= 0.3 is 0 Å². The van der Waals surface area contributed by atoms with Gasteiger partial charge in [0.2, 0.25) is 0 Å². The third kappa shape index (κ3) is 4.68. The van der Waals surface area contributed by atoms with Crippen LogP contribution in [0.4, 0.5) is 5.69 Å². The van der Waals surface area contributed by atoms with Crippen LogP contribution >= 0.6 is 11.8 Å². The Hall–Kier alpha value is -1.71. The lowest BCUT2D eigenvalue weighted by Crippen LogP contribution is -2.46. The summed E-state index contributed by atoms with van der Waals surface area (Å²) in [5.74, 6) is 0. The van der Waals surface area contributed by atoms with Gasteiger partial charge in [0.1, 0.15) is 0 Å². The summed E-state index contributed by atoms with van der Waals surface area (Å²) in [5.41, 5.74) is 4.06. The van der Waals surface area contributed by atoms with Crippen molar-refractivity contribution in [3.8, 4) is 0 Å². The molecule has 0 atom stereocenters. The minimum absolute atomic E-state index is 1.07. The molecule has 0 aromatic heterocycles. The quantitative estimate of drug-likeness (QED) is 0.687. The zero-order valence-corrected chi connectivity index (χ0v) is 16.4. The molecule has 1 saturated heterocycles. The predicted molar refractivity (Wildman–Crippen MR) is 110 cm³/mol. The summed E-state index contributed by atoms with van der Waals surface area (Å²) in [6, 6.07) is 15.6. The van der Waals surface area contributed by atoms with Crippen molar-refractivity contribution in [2.45, 2.75) is 30.6 Å². The maximum atomic E-state index is 2.54. The van der Waals surface area contributed by atoms with E-state index in [2.05, 4.69) is 85.2 Å². The highest BCUT2D eigenvalue weighted by atomic mass is 32.2. The lowest BCUT2D eigenvalue weighted by atomic mass is 10.2. The zero-order chi connectivity index (χ0) is 17.6. The monoisotopic (exact) mass is 352 g/mol. The fourth-order valence-corrected chi connectivity index (χ4v) is 4.30. The van der Waals surface area contributed by atoms with Crippen LogP contribution in [0.5, 0.6) is 0 Å². The number of hydrogen-bond donors (Lipinski definition) is 0. The Kier molecular flexibility index (Phi) is 6.22. The summed E-state index contributed by atoms with van der Waals surface area (Å²) in [4.78, 5) is 7.77. The second kappa shape index (κ2) is 8.59. The van der Waals surface area contributed by atoms with Gasteiger partial charge in [-0.2, -0.15) is 0 Å².